The average molecular weight is 433 g/mol. The van der Waals surface area contributed by atoms with Crippen LogP contribution >= 0.6 is 12.4 Å². The van der Waals surface area contributed by atoms with Crippen LogP contribution in [0.3, 0.4) is 0 Å². The maximum absolute atomic E-state index is 12.9. The Morgan fingerprint density at radius 2 is 1.77 bits per heavy atom. The van der Waals surface area contributed by atoms with Gasteiger partial charge in [-0.1, -0.05) is 18.2 Å². The van der Waals surface area contributed by atoms with Gasteiger partial charge in [0.1, 0.15) is 11.5 Å². The van der Waals surface area contributed by atoms with Crippen LogP contribution in [0.1, 0.15) is 41.2 Å². The molecule has 1 unspecified atom stereocenters. The summed E-state index contributed by atoms with van der Waals surface area (Å²) in [5.41, 5.74) is 1.65. The number of nitrogens with one attached hydrogen (secondary N) is 1. The van der Waals surface area contributed by atoms with Crippen molar-refractivity contribution in [3.05, 3.63) is 59.7 Å². The Labute approximate surface area is 184 Å². The molecule has 0 spiro atoms. The molecule has 0 bridgehead atoms. The molecule has 162 valence electrons. The normalized spacial score (nSPS) is 15.8. The molecule has 2 aromatic carbocycles. The summed E-state index contributed by atoms with van der Waals surface area (Å²) < 4.78 is 10.6. The van der Waals surface area contributed by atoms with Crippen molar-refractivity contribution in [1.82, 2.24) is 10.2 Å². The highest BCUT2D eigenvalue weighted by atomic mass is 35.5. The number of para-hydroxylation sites is 1. The molecule has 2 aromatic rings. The molecule has 1 heterocycles. The Bertz CT molecular complexity index is 841. The van der Waals surface area contributed by atoms with Crippen LogP contribution in [0.2, 0.25) is 0 Å². The van der Waals surface area contributed by atoms with Crippen LogP contribution in [0.4, 0.5) is 0 Å². The van der Waals surface area contributed by atoms with E-state index < -0.39 is 0 Å². The molecule has 1 fully saturated rings. The molecule has 1 atom stereocenters. The summed E-state index contributed by atoms with van der Waals surface area (Å²) in [5.74, 6) is 1.62. The van der Waals surface area contributed by atoms with E-state index in [2.05, 4.69) is 5.32 Å². The van der Waals surface area contributed by atoms with Gasteiger partial charge in [-0.25, -0.2) is 0 Å². The summed E-state index contributed by atoms with van der Waals surface area (Å²) in [7, 11) is 3.24. The number of rotatable bonds is 8. The summed E-state index contributed by atoms with van der Waals surface area (Å²) in [6, 6.07) is 14.8. The quantitative estimate of drug-likeness (QED) is 0.645. The fourth-order valence-electron chi connectivity index (χ4n) is 3.69. The molecule has 1 aliphatic rings. The predicted octanol–water partition coefficient (Wildman–Crippen LogP) is 3.65. The molecular weight excluding hydrogens is 404 g/mol. The number of piperazine rings is 1. The highest BCUT2D eigenvalue weighted by Gasteiger charge is 2.29. The molecule has 0 aliphatic carbocycles. The zero-order chi connectivity index (χ0) is 20.6. The standard InChI is InChI=1S/C23H28N2O4.ClH/c1-28-18-12-10-17(11-13-18)21(26)7-5-9-23(27)25-15-14-24-16-20(25)19-6-3-4-8-22(19)29-2;/h3-4,6,8,10-13,20,24H,5,7,9,14-16H2,1-2H3;1H. The van der Waals surface area contributed by atoms with Crippen LogP contribution in [0.15, 0.2) is 48.5 Å². The number of nitrogens with zero attached hydrogens (tertiary/aromatic N) is 1. The number of benzene rings is 2. The third-order valence-electron chi connectivity index (χ3n) is 5.27. The third-order valence-corrected chi connectivity index (χ3v) is 5.27. The summed E-state index contributed by atoms with van der Waals surface area (Å²) >= 11 is 0. The zero-order valence-electron chi connectivity index (χ0n) is 17.4. The van der Waals surface area contributed by atoms with Gasteiger partial charge in [0.2, 0.25) is 5.91 Å². The number of ketones is 1. The van der Waals surface area contributed by atoms with Gasteiger partial charge in [0.15, 0.2) is 5.78 Å². The van der Waals surface area contributed by atoms with Gasteiger partial charge >= 0.3 is 0 Å². The molecule has 1 N–H and O–H groups in total. The lowest BCUT2D eigenvalue weighted by Gasteiger charge is -2.37. The Morgan fingerprint density at radius 3 is 2.47 bits per heavy atom. The fourth-order valence-corrected chi connectivity index (χ4v) is 3.69. The number of hydrogen-bond acceptors (Lipinski definition) is 5. The number of carbonyl (C=O) groups is 2. The van der Waals surface area contributed by atoms with E-state index in [-0.39, 0.29) is 30.1 Å². The Kier molecular flexibility index (Phi) is 9.15. The van der Waals surface area contributed by atoms with E-state index in [9.17, 15) is 9.59 Å². The Balaban J connectivity index is 0.00000320. The molecule has 1 amide bonds. The third kappa shape index (κ3) is 5.74. The average Bonchev–Trinajstić information content (AvgIpc) is 2.78. The van der Waals surface area contributed by atoms with Gasteiger partial charge in [0.25, 0.3) is 0 Å². The number of halogens is 1. The van der Waals surface area contributed by atoms with E-state index in [0.717, 1.165) is 23.6 Å². The van der Waals surface area contributed by atoms with Crippen molar-refractivity contribution in [1.29, 1.82) is 0 Å². The Hall–Kier alpha value is -2.57. The van der Waals surface area contributed by atoms with Crippen LogP contribution in [-0.4, -0.2) is 50.4 Å². The molecule has 3 rings (SSSR count). The van der Waals surface area contributed by atoms with E-state index in [4.69, 9.17) is 9.47 Å². The molecule has 0 saturated carbocycles. The van der Waals surface area contributed by atoms with E-state index in [0.29, 0.717) is 37.9 Å². The molecule has 7 heteroatoms. The van der Waals surface area contributed by atoms with Crippen LogP contribution in [-0.2, 0) is 4.79 Å². The molecular formula is C23H29ClN2O4. The van der Waals surface area contributed by atoms with Gasteiger partial charge in [-0.3, -0.25) is 9.59 Å². The minimum Gasteiger partial charge on any atom is -0.497 e. The first-order chi connectivity index (χ1) is 14.1. The highest BCUT2D eigenvalue weighted by Crippen LogP contribution is 2.30. The lowest BCUT2D eigenvalue weighted by Crippen LogP contribution is -2.48. The minimum atomic E-state index is -0.0651. The van der Waals surface area contributed by atoms with E-state index in [1.807, 2.05) is 29.2 Å². The first-order valence-corrected chi connectivity index (χ1v) is 9.94. The summed E-state index contributed by atoms with van der Waals surface area (Å²) in [6.45, 7) is 2.10. The van der Waals surface area contributed by atoms with E-state index >= 15 is 0 Å². The van der Waals surface area contributed by atoms with Crippen molar-refractivity contribution >= 4 is 24.1 Å². The number of hydrogen-bond donors (Lipinski definition) is 1. The van der Waals surface area contributed by atoms with E-state index in [1.54, 1.807) is 38.5 Å². The lowest BCUT2D eigenvalue weighted by molar-refractivity contribution is -0.134. The first-order valence-electron chi connectivity index (χ1n) is 9.94. The Morgan fingerprint density at radius 1 is 1.03 bits per heavy atom. The highest BCUT2D eigenvalue weighted by molar-refractivity contribution is 5.96. The molecule has 30 heavy (non-hydrogen) atoms. The maximum atomic E-state index is 12.9. The van der Waals surface area contributed by atoms with Crippen LogP contribution in [0, 0.1) is 0 Å². The van der Waals surface area contributed by atoms with Gasteiger partial charge in [-0.15, -0.1) is 12.4 Å². The van der Waals surface area contributed by atoms with Gasteiger partial charge in [0.05, 0.1) is 20.3 Å². The second-order valence-electron chi connectivity index (χ2n) is 7.05. The SMILES string of the molecule is COc1ccc(C(=O)CCCC(=O)N2CCNCC2c2ccccc2OC)cc1.Cl. The molecule has 0 radical (unpaired) electrons. The second-order valence-corrected chi connectivity index (χ2v) is 7.05. The van der Waals surface area contributed by atoms with Crippen LogP contribution < -0.4 is 14.8 Å². The predicted molar refractivity (Wildman–Crippen MR) is 119 cm³/mol. The van der Waals surface area contributed by atoms with Crippen LogP contribution in [0.25, 0.3) is 0 Å². The van der Waals surface area contributed by atoms with Crippen molar-refractivity contribution in [2.75, 3.05) is 33.9 Å². The van der Waals surface area contributed by atoms with Gasteiger partial charge < -0.3 is 19.7 Å². The summed E-state index contributed by atoms with van der Waals surface area (Å²) in [6.07, 6.45) is 1.24. The number of carbonyl (C=O) groups excluding carboxylic acids is 2. The van der Waals surface area contributed by atoms with Crippen molar-refractivity contribution in [2.24, 2.45) is 0 Å². The topological polar surface area (TPSA) is 67.9 Å². The van der Waals surface area contributed by atoms with Gasteiger partial charge in [0, 0.05) is 43.6 Å². The fraction of sp³-hybridized carbons (Fsp3) is 0.391. The van der Waals surface area contributed by atoms with Crippen molar-refractivity contribution < 1.29 is 19.1 Å². The number of amides is 1. The first kappa shape index (κ1) is 23.7. The van der Waals surface area contributed by atoms with Crippen LogP contribution in [0.5, 0.6) is 11.5 Å². The number of methoxy groups -OCH3 is 2. The molecule has 1 aliphatic heterocycles. The molecule has 0 aromatic heterocycles. The number of ether oxygens (including phenoxy) is 2. The van der Waals surface area contributed by atoms with Crippen molar-refractivity contribution in [2.45, 2.75) is 25.3 Å². The second kappa shape index (κ2) is 11.6. The van der Waals surface area contributed by atoms with Gasteiger partial charge in [-0.05, 0) is 36.8 Å². The van der Waals surface area contributed by atoms with Crippen molar-refractivity contribution in [3.8, 4) is 11.5 Å². The maximum Gasteiger partial charge on any atom is 0.223 e. The molecule has 1 saturated heterocycles. The minimum absolute atomic E-state index is 0. The largest absolute Gasteiger partial charge is 0.497 e. The monoisotopic (exact) mass is 432 g/mol. The summed E-state index contributed by atoms with van der Waals surface area (Å²) in [4.78, 5) is 27.2. The lowest BCUT2D eigenvalue weighted by atomic mass is 10.0. The van der Waals surface area contributed by atoms with Crippen molar-refractivity contribution in [3.63, 3.8) is 0 Å². The zero-order valence-corrected chi connectivity index (χ0v) is 18.2. The summed E-state index contributed by atoms with van der Waals surface area (Å²) in [5, 5.41) is 3.36. The smallest absolute Gasteiger partial charge is 0.223 e. The van der Waals surface area contributed by atoms with E-state index in [1.165, 1.54) is 0 Å². The van der Waals surface area contributed by atoms with Gasteiger partial charge in [-0.2, -0.15) is 0 Å². The molecule has 6 nitrogen and oxygen atoms in total. The number of Topliss-reactive ketones (excluding diaryl/α,β-unsaturated/α-hetero) is 1.